The number of para-hydroxylation sites is 1. The van der Waals surface area contributed by atoms with Gasteiger partial charge in [0, 0.05) is 6.07 Å². The highest BCUT2D eigenvalue weighted by Crippen LogP contribution is 2.33. The maximum absolute atomic E-state index is 5.93. The Morgan fingerprint density at radius 2 is 1.79 bits per heavy atom. The highest BCUT2D eigenvalue weighted by molar-refractivity contribution is 5.65. The maximum atomic E-state index is 5.93. The van der Waals surface area contributed by atoms with Crippen LogP contribution in [0.2, 0.25) is 0 Å². The molecule has 0 spiro atoms. The van der Waals surface area contributed by atoms with Crippen LogP contribution in [0.1, 0.15) is 31.7 Å². The third kappa shape index (κ3) is 2.99. The first-order chi connectivity index (χ1) is 9.11. The molecule has 3 nitrogen and oxygen atoms in total. The summed E-state index contributed by atoms with van der Waals surface area (Å²) in [6.07, 6.45) is 1.07. The van der Waals surface area contributed by atoms with Crippen LogP contribution < -0.4 is 16.2 Å². The van der Waals surface area contributed by atoms with Crippen LogP contribution in [0, 0.1) is 0 Å². The quantitative estimate of drug-likeness (QED) is 0.807. The largest absolute Gasteiger partial charge is 0.457 e. The van der Waals surface area contributed by atoms with E-state index in [9.17, 15) is 0 Å². The zero-order valence-electron chi connectivity index (χ0n) is 11.4. The predicted molar refractivity (Wildman–Crippen MR) is 80.5 cm³/mol. The van der Waals surface area contributed by atoms with E-state index < -0.39 is 0 Å². The van der Waals surface area contributed by atoms with Crippen LogP contribution in [0.15, 0.2) is 42.5 Å². The number of benzene rings is 2. The second-order valence-electron chi connectivity index (χ2n) is 4.74. The van der Waals surface area contributed by atoms with Gasteiger partial charge in [-0.3, -0.25) is 0 Å². The zero-order chi connectivity index (χ0) is 13.8. The molecular formula is C16H20N2O. The minimum absolute atomic E-state index is 0.460. The average molecular weight is 256 g/mol. The molecule has 2 aromatic rings. The first-order valence-corrected chi connectivity index (χ1v) is 6.53. The van der Waals surface area contributed by atoms with Crippen molar-refractivity contribution in [2.75, 3.05) is 11.5 Å². The van der Waals surface area contributed by atoms with Crippen molar-refractivity contribution >= 4 is 11.4 Å². The van der Waals surface area contributed by atoms with Crippen molar-refractivity contribution in [3.8, 4) is 11.5 Å². The van der Waals surface area contributed by atoms with E-state index in [1.165, 1.54) is 5.56 Å². The fourth-order valence-corrected chi connectivity index (χ4v) is 1.94. The van der Waals surface area contributed by atoms with Gasteiger partial charge in [-0.2, -0.15) is 0 Å². The lowest BCUT2D eigenvalue weighted by Gasteiger charge is -2.15. The molecule has 0 fully saturated rings. The molecule has 0 radical (unpaired) electrons. The summed E-state index contributed by atoms with van der Waals surface area (Å²) in [6.45, 7) is 4.36. The minimum Gasteiger partial charge on any atom is -0.457 e. The molecule has 19 heavy (non-hydrogen) atoms. The number of hydrogen-bond acceptors (Lipinski definition) is 3. The van der Waals surface area contributed by atoms with Crippen molar-refractivity contribution in [2.24, 2.45) is 0 Å². The standard InChI is InChI=1S/C16H20N2O/c1-3-11(2)13-6-4-5-7-16(13)19-12-8-9-14(17)15(18)10-12/h4-11H,3,17-18H2,1-2H3. The van der Waals surface area contributed by atoms with E-state index in [-0.39, 0.29) is 0 Å². The third-order valence-corrected chi connectivity index (χ3v) is 3.35. The molecule has 2 aromatic carbocycles. The second-order valence-corrected chi connectivity index (χ2v) is 4.74. The van der Waals surface area contributed by atoms with Gasteiger partial charge in [0.15, 0.2) is 0 Å². The summed E-state index contributed by atoms with van der Waals surface area (Å²) in [7, 11) is 0. The maximum Gasteiger partial charge on any atom is 0.130 e. The van der Waals surface area contributed by atoms with Gasteiger partial charge in [0.05, 0.1) is 11.4 Å². The van der Waals surface area contributed by atoms with Gasteiger partial charge in [0.1, 0.15) is 11.5 Å². The Hall–Kier alpha value is -2.16. The predicted octanol–water partition coefficient (Wildman–Crippen LogP) is 4.16. The monoisotopic (exact) mass is 256 g/mol. The van der Waals surface area contributed by atoms with Crippen LogP contribution in [-0.4, -0.2) is 0 Å². The van der Waals surface area contributed by atoms with E-state index in [1.54, 1.807) is 12.1 Å². The van der Waals surface area contributed by atoms with Gasteiger partial charge in [-0.25, -0.2) is 0 Å². The summed E-state index contributed by atoms with van der Waals surface area (Å²) in [5, 5.41) is 0. The van der Waals surface area contributed by atoms with Crippen molar-refractivity contribution in [1.82, 2.24) is 0 Å². The van der Waals surface area contributed by atoms with Gasteiger partial charge in [0.25, 0.3) is 0 Å². The second kappa shape index (κ2) is 5.65. The minimum atomic E-state index is 0.460. The molecule has 0 amide bonds. The van der Waals surface area contributed by atoms with E-state index in [1.807, 2.05) is 24.3 Å². The number of rotatable bonds is 4. The van der Waals surface area contributed by atoms with Crippen molar-refractivity contribution in [1.29, 1.82) is 0 Å². The molecule has 1 unspecified atom stereocenters. The molecule has 0 heterocycles. The molecule has 0 aliphatic heterocycles. The van der Waals surface area contributed by atoms with E-state index in [0.29, 0.717) is 23.0 Å². The number of nitrogen functional groups attached to an aromatic ring is 2. The molecule has 4 N–H and O–H groups in total. The molecule has 0 aliphatic carbocycles. The SMILES string of the molecule is CCC(C)c1ccccc1Oc1ccc(N)c(N)c1. The molecule has 0 saturated heterocycles. The van der Waals surface area contributed by atoms with Gasteiger partial charge in [0.2, 0.25) is 0 Å². The van der Waals surface area contributed by atoms with Crippen molar-refractivity contribution in [3.05, 3.63) is 48.0 Å². The van der Waals surface area contributed by atoms with Gasteiger partial charge < -0.3 is 16.2 Å². The Kier molecular flexibility index (Phi) is 3.95. The fraction of sp³-hybridized carbons (Fsp3) is 0.250. The smallest absolute Gasteiger partial charge is 0.130 e. The molecule has 0 bridgehead atoms. The first kappa shape index (κ1) is 13.3. The molecule has 2 rings (SSSR count). The number of hydrogen-bond donors (Lipinski definition) is 2. The molecular weight excluding hydrogens is 236 g/mol. The lowest BCUT2D eigenvalue weighted by atomic mass is 9.98. The molecule has 0 saturated carbocycles. The van der Waals surface area contributed by atoms with E-state index in [2.05, 4.69) is 19.9 Å². The van der Waals surface area contributed by atoms with Crippen LogP contribution in [-0.2, 0) is 0 Å². The van der Waals surface area contributed by atoms with Gasteiger partial charge in [-0.1, -0.05) is 32.0 Å². The van der Waals surface area contributed by atoms with E-state index in [4.69, 9.17) is 16.2 Å². The lowest BCUT2D eigenvalue weighted by molar-refractivity contribution is 0.470. The average Bonchev–Trinajstić information content (AvgIpc) is 2.43. The highest BCUT2D eigenvalue weighted by Gasteiger charge is 2.10. The Balaban J connectivity index is 2.30. The Labute approximate surface area is 114 Å². The molecule has 0 aromatic heterocycles. The van der Waals surface area contributed by atoms with Crippen LogP contribution in [0.4, 0.5) is 11.4 Å². The van der Waals surface area contributed by atoms with Crippen molar-refractivity contribution in [2.45, 2.75) is 26.2 Å². The van der Waals surface area contributed by atoms with Crippen LogP contribution in [0.25, 0.3) is 0 Å². The van der Waals surface area contributed by atoms with Crippen molar-refractivity contribution in [3.63, 3.8) is 0 Å². The summed E-state index contributed by atoms with van der Waals surface area (Å²) >= 11 is 0. The Morgan fingerprint density at radius 3 is 2.47 bits per heavy atom. The highest BCUT2D eigenvalue weighted by atomic mass is 16.5. The Morgan fingerprint density at radius 1 is 1.05 bits per heavy atom. The number of ether oxygens (including phenoxy) is 1. The van der Waals surface area contributed by atoms with Gasteiger partial charge in [-0.15, -0.1) is 0 Å². The Bertz CT molecular complexity index is 566. The van der Waals surface area contributed by atoms with Gasteiger partial charge in [-0.05, 0) is 36.1 Å². The fourth-order valence-electron chi connectivity index (χ4n) is 1.94. The number of nitrogens with two attached hydrogens (primary N) is 2. The van der Waals surface area contributed by atoms with Crippen molar-refractivity contribution < 1.29 is 4.74 Å². The topological polar surface area (TPSA) is 61.3 Å². The van der Waals surface area contributed by atoms with Crippen LogP contribution in [0.5, 0.6) is 11.5 Å². The van der Waals surface area contributed by atoms with Gasteiger partial charge >= 0.3 is 0 Å². The van der Waals surface area contributed by atoms with E-state index in [0.717, 1.165) is 12.2 Å². The first-order valence-electron chi connectivity index (χ1n) is 6.53. The number of anilines is 2. The summed E-state index contributed by atoms with van der Waals surface area (Å²) in [5.74, 6) is 2.05. The summed E-state index contributed by atoms with van der Waals surface area (Å²) in [4.78, 5) is 0. The molecule has 1 atom stereocenters. The van der Waals surface area contributed by atoms with E-state index >= 15 is 0 Å². The normalized spacial score (nSPS) is 12.1. The van der Waals surface area contributed by atoms with Crippen LogP contribution in [0.3, 0.4) is 0 Å². The summed E-state index contributed by atoms with van der Waals surface area (Å²) in [5.41, 5.74) is 13.8. The molecule has 100 valence electrons. The summed E-state index contributed by atoms with van der Waals surface area (Å²) < 4.78 is 5.93. The molecule has 0 aliphatic rings. The summed E-state index contributed by atoms with van der Waals surface area (Å²) in [6, 6.07) is 13.4. The molecule has 3 heteroatoms. The van der Waals surface area contributed by atoms with Crippen LogP contribution >= 0.6 is 0 Å². The third-order valence-electron chi connectivity index (χ3n) is 3.35. The zero-order valence-corrected chi connectivity index (χ0v) is 11.4. The lowest BCUT2D eigenvalue weighted by Crippen LogP contribution is -1.98.